The molecule has 154 valence electrons. The molecule has 2 aromatic carbocycles. The molecule has 4 rings (SSSR count). The minimum absolute atomic E-state index is 0.202. The van der Waals surface area contributed by atoms with Crippen molar-refractivity contribution in [3.63, 3.8) is 0 Å². The van der Waals surface area contributed by atoms with Crippen molar-refractivity contribution >= 4 is 5.91 Å². The molecular formula is C23H28FN3O2. The van der Waals surface area contributed by atoms with Gasteiger partial charge < -0.3 is 19.9 Å². The van der Waals surface area contributed by atoms with Gasteiger partial charge in [0.25, 0.3) is 0 Å². The Labute approximate surface area is 171 Å². The van der Waals surface area contributed by atoms with Gasteiger partial charge in [0.15, 0.2) is 0 Å². The maximum Gasteiger partial charge on any atom is 0.236 e. The summed E-state index contributed by atoms with van der Waals surface area (Å²) in [5, 5.41) is 3.41. The van der Waals surface area contributed by atoms with Gasteiger partial charge in [0.05, 0.1) is 6.54 Å². The van der Waals surface area contributed by atoms with Crippen molar-refractivity contribution < 1.29 is 13.9 Å². The molecule has 2 fully saturated rings. The highest BCUT2D eigenvalue weighted by molar-refractivity contribution is 5.78. The number of piperazine rings is 1. The van der Waals surface area contributed by atoms with Crippen LogP contribution in [0.2, 0.25) is 0 Å². The zero-order chi connectivity index (χ0) is 20.2. The normalized spacial score (nSPS) is 21.8. The molecule has 5 nitrogen and oxygen atoms in total. The molecule has 1 saturated heterocycles. The van der Waals surface area contributed by atoms with E-state index in [1.54, 1.807) is 12.1 Å². The van der Waals surface area contributed by atoms with Crippen LogP contribution in [0.15, 0.2) is 48.5 Å². The van der Waals surface area contributed by atoms with Gasteiger partial charge in [-0.05, 0) is 48.9 Å². The van der Waals surface area contributed by atoms with Gasteiger partial charge in [-0.2, -0.15) is 0 Å². The average Bonchev–Trinajstić information content (AvgIpc) is 3.52. The Hall–Kier alpha value is -2.44. The van der Waals surface area contributed by atoms with E-state index in [0.29, 0.717) is 25.1 Å². The van der Waals surface area contributed by atoms with Crippen molar-refractivity contribution in [3.8, 4) is 5.75 Å². The van der Waals surface area contributed by atoms with Crippen LogP contribution in [0.25, 0.3) is 0 Å². The van der Waals surface area contributed by atoms with Crippen LogP contribution in [-0.4, -0.2) is 61.5 Å². The summed E-state index contributed by atoms with van der Waals surface area (Å²) in [6.45, 7) is 4.39. The van der Waals surface area contributed by atoms with Crippen LogP contribution in [0.5, 0.6) is 5.75 Å². The number of amides is 1. The maximum atomic E-state index is 12.9. The van der Waals surface area contributed by atoms with Crippen LogP contribution in [0, 0.1) is 5.82 Å². The van der Waals surface area contributed by atoms with Crippen LogP contribution in [0.4, 0.5) is 4.39 Å². The number of benzene rings is 2. The van der Waals surface area contributed by atoms with E-state index in [-0.39, 0.29) is 11.7 Å². The number of hydrogen-bond acceptors (Lipinski definition) is 4. The molecule has 6 heteroatoms. The molecule has 0 radical (unpaired) electrons. The van der Waals surface area contributed by atoms with Gasteiger partial charge in [0, 0.05) is 38.1 Å². The van der Waals surface area contributed by atoms with E-state index in [1.165, 1.54) is 17.7 Å². The third kappa shape index (κ3) is 5.34. The van der Waals surface area contributed by atoms with Gasteiger partial charge in [-0.25, -0.2) is 4.39 Å². The fraction of sp³-hybridized carbons (Fsp3) is 0.435. The number of ether oxygens (including phenoxy) is 1. The number of nitrogens with one attached hydrogen (secondary N) is 1. The van der Waals surface area contributed by atoms with Crippen molar-refractivity contribution in [2.24, 2.45) is 0 Å². The lowest BCUT2D eigenvalue weighted by atomic mass is 10.1. The smallest absolute Gasteiger partial charge is 0.236 e. The van der Waals surface area contributed by atoms with Gasteiger partial charge in [0.1, 0.15) is 18.2 Å². The predicted molar refractivity (Wildman–Crippen MR) is 110 cm³/mol. The molecule has 29 heavy (non-hydrogen) atoms. The zero-order valence-electron chi connectivity index (χ0n) is 16.8. The summed E-state index contributed by atoms with van der Waals surface area (Å²) in [5.74, 6) is 1.22. The molecule has 0 bridgehead atoms. The molecule has 2 atom stereocenters. The first kappa shape index (κ1) is 19.9. The molecule has 1 aliphatic heterocycles. The molecule has 0 spiro atoms. The summed E-state index contributed by atoms with van der Waals surface area (Å²) in [6.07, 6.45) is 1.06. The van der Waals surface area contributed by atoms with Crippen molar-refractivity contribution in [2.45, 2.75) is 25.0 Å². The molecule has 1 N–H and O–H groups in total. The van der Waals surface area contributed by atoms with E-state index in [9.17, 15) is 9.18 Å². The Morgan fingerprint density at radius 3 is 2.45 bits per heavy atom. The maximum absolute atomic E-state index is 12.9. The third-order valence-electron chi connectivity index (χ3n) is 5.79. The Morgan fingerprint density at radius 2 is 1.76 bits per heavy atom. The molecule has 1 heterocycles. The van der Waals surface area contributed by atoms with E-state index in [1.807, 2.05) is 17.0 Å². The van der Waals surface area contributed by atoms with Crippen molar-refractivity contribution in [3.05, 3.63) is 65.5 Å². The first-order valence-corrected chi connectivity index (χ1v) is 10.3. The summed E-state index contributed by atoms with van der Waals surface area (Å²) in [6, 6.07) is 14.8. The quantitative estimate of drug-likeness (QED) is 0.780. The highest BCUT2D eigenvalue weighted by Crippen LogP contribution is 2.41. The monoisotopic (exact) mass is 397 g/mol. The number of rotatable bonds is 7. The van der Waals surface area contributed by atoms with E-state index < -0.39 is 0 Å². The number of hydrogen-bond donors (Lipinski definition) is 1. The predicted octanol–water partition coefficient (Wildman–Crippen LogP) is 2.62. The Balaban J connectivity index is 1.20. The lowest BCUT2D eigenvalue weighted by Gasteiger charge is -2.32. The summed E-state index contributed by atoms with van der Waals surface area (Å²) >= 11 is 0. The first-order chi connectivity index (χ1) is 14.1. The minimum atomic E-state index is -0.240. The number of carbonyl (C=O) groups is 1. The fourth-order valence-corrected chi connectivity index (χ4v) is 3.73. The Bertz CT molecular complexity index is 817. The second-order valence-corrected chi connectivity index (χ2v) is 8.00. The van der Waals surface area contributed by atoms with Gasteiger partial charge in [0.2, 0.25) is 5.91 Å². The largest absolute Gasteiger partial charge is 0.489 e. The van der Waals surface area contributed by atoms with Crippen molar-refractivity contribution in [2.75, 3.05) is 39.8 Å². The Morgan fingerprint density at radius 1 is 1.07 bits per heavy atom. The van der Waals surface area contributed by atoms with E-state index >= 15 is 0 Å². The van der Waals surface area contributed by atoms with Gasteiger partial charge in [-0.3, -0.25) is 4.79 Å². The zero-order valence-corrected chi connectivity index (χ0v) is 16.8. The van der Waals surface area contributed by atoms with E-state index in [4.69, 9.17) is 4.74 Å². The summed E-state index contributed by atoms with van der Waals surface area (Å²) in [7, 11) is 2.09. The van der Waals surface area contributed by atoms with Crippen LogP contribution < -0.4 is 10.1 Å². The fourth-order valence-electron chi connectivity index (χ4n) is 3.73. The highest BCUT2D eigenvalue weighted by atomic mass is 19.1. The summed E-state index contributed by atoms with van der Waals surface area (Å²) < 4.78 is 18.7. The SMILES string of the molecule is CN1CCN(C(=O)CN[C@H]2C[C@@H]2c2ccc(OCc3ccc(F)cc3)cc2)CC1. The standard InChI is InChI=1S/C23H28FN3O2/c1-26-10-12-27(13-11-26)23(28)15-25-22-14-21(22)18-4-8-20(9-5-18)29-16-17-2-6-19(24)7-3-17/h2-9,21-22,25H,10-16H2,1H3/t21-,22+/m1/s1. The minimum Gasteiger partial charge on any atom is -0.489 e. The second kappa shape index (κ2) is 8.93. The molecule has 0 aromatic heterocycles. The van der Waals surface area contributed by atoms with Crippen LogP contribution in [0.3, 0.4) is 0 Å². The van der Waals surface area contributed by atoms with Gasteiger partial charge >= 0.3 is 0 Å². The molecule has 2 aliphatic rings. The third-order valence-corrected chi connectivity index (χ3v) is 5.79. The summed E-state index contributed by atoms with van der Waals surface area (Å²) in [4.78, 5) is 16.5. The topological polar surface area (TPSA) is 44.8 Å². The van der Waals surface area contributed by atoms with Crippen LogP contribution in [0.1, 0.15) is 23.5 Å². The first-order valence-electron chi connectivity index (χ1n) is 10.3. The lowest BCUT2D eigenvalue weighted by molar-refractivity contribution is -0.131. The number of nitrogens with zero attached hydrogens (tertiary/aromatic N) is 2. The Kier molecular flexibility index (Phi) is 6.11. The highest BCUT2D eigenvalue weighted by Gasteiger charge is 2.38. The van der Waals surface area contributed by atoms with Crippen LogP contribution in [-0.2, 0) is 11.4 Å². The number of halogens is 1. The number of likely N-dealkylation sites (N-methyl/N-ethyl adjacent to an activating group) is 1. The van der Waals surface area contributed by atoms with Crippen LogP contribution >= 0.6 is 0 Å². The second-order valence-electron chi connectivity index (χ2n) is 8.00. The molecule has 0 unspecified atom stereocenters. The molecule has 2 aromatic rings. The van der Waals surface area contributed by atoms with Gasteiger partial charge in [-0.15, -0.1) is 0 Å². The average molecular weight is 397 g/mol. The summed E-state index contributed by atoms with van der Waals surface area (Å²) in [5.41, 5.74) is 2.20. The van der Waals surface area contributed by atoms with E-state index in [0.717, 1.165) is 43.9 Å². The lowest BCUT2D eigenvalue weighted by Crippen LogP contribution is -2.49. The molecule has 1 saturated carbocycles. The molecular weight excluding hydrogens is 369 g/mol. The van der Waals surface area contributed by atoms with Crippen molar-refractivity contribution in [1.82, 2.24) is 15.1 Å². The number of carbonyl (C=O) groups excluding carboxylic acids is 1. The van der Waals surface area contributed by atoms with Crippen molar-refractivity contribution in [1.29, 1.82) is 0 Å². The van der Waals surface area contributed by atoms with E-state index in [2.05, 4.69) is 29.4 Å². The van der Waals surface area contributed by atoms with Gasteiger partial charge in [-0.1, -0.05) is 24.3 Å². The molecule has 1 aliphatic carbocycles. The molecule has 1 amide bonds.